The lowest BCUT2D eigenvalue weighted by Crippen LogP contribution is -2.18. The first-order valence-electron chi connectivity index (χ1n) is 5.49. The monoisotopic (exact) mass is 409 g/mol. The summed E-state index contributed by atoms with van der Waals surface area (Å²) >= 11 is 8.11. The van der Waals surface area contributed by atoms with Crippen molar-refractivity contribution >= 4 is 48.9 Å². The fourth-order valence-electron chi connectivity index (χ4n) is 1.81. The normalized spacial score (nSPS) is 10.8. The van der Waals surface area contributed by atoms with E-state index in [0.29, 0.717) is 17.4 Å². The molecule has 0 saturated carbocycles. The van der Waals surface area contributed by atoms with Gasteiger partial charge in [0.25, 0.3) is 0 Å². The number of anilines is 1. The molecule has 2 rings (SSSR count). The van der Waals surface area contributed by atoms with Gasteiger partial charge in [0.2, 0.25) is 0 Å². The van der Waals surface area contributed by atoms with Crippen molar-refractivity contribution in [2.45, 2.75) is 11.9 Å². The highest BCUT2D eigenvalue weighted by Gasteiger charge is 2.16. The van der Waals surface area contributed by atoms with Crippen molar-refractivity contribution < 1.29 is 8.78 Å². The third-order valence-electron chi connectivity index (χ3n) is 2.63. The zero-order chi connectivity index (χ0) is 14.0. The van der Waals surface area contributed by atoms with Crippen molar-refractivity contribution in [2.24, 2.45) is 0 Å². The molecule has 2 aromatic rings. The Kier molecular flexibility index (Phi) is 4.97. The minimum atomic E-state index is -0.535. The molecule has 0 aliphatic heterocycles. The average molecular weight is 411 g/mol. The average Bonchev–Trinajstić information content (AvgIpc) is 2.73. The number of hydrogen-bond acceptors (Lipinski definition) is 2. The molecule has 19 heavy (non-hydrogen) atoms. The minimum Gasteiger partial charge on any atom is -0.365 e. The molecule has 1 heterocycles. The third kappa shape index (κ3) is 3.55. The molecule has 0 fully saturated rings. The van der Waals surface area contributed by atoms with Crippen LogP contribution in [-0.4, -0.2) is 7.05 Å². The van der Waals surface area contributed by atoms with Gasteiger partial charge in [-0.1, -0.05) is 15.9 Å². The van der Waals surface area contributed by atoms with Gasteiger partial charge in [0, 0.05) is 27.1 Å². The molecule has 0 saturated heterocycles. The van der Waals surface area contributed by atoms with Crippen molar-refractivity contribution in [3.8, 4) is 0 Å². The van der Waals surface area contributed by atoms with Crippen molar-refractivity contribution in [1.29, 1.82) is 0 Å². The minimum absolute atomic E-state index is 0.00854. The predicted octanol–water partition coefficient (Wildman–Crippen LogP) is 5.32. The Labute approximate surface area is 131 Å². The summed E-state index contributed by atoms with van der Waals surface area (Å²) in [5.41, 5.74) is 0.597. The summed E-state index contributed by atoms with van der Waals surface area (Å²) in [5.74, 6) is -1.07. The van der Waals surface area contributed by atoms with Gasteiger partial charge < -0.3 is 4.90 Å². The molecule has 0 unspecified atom stereocenters. The van der Waals surface area contributed by atoms with E-state index in [9.17, 15) is 8.78 Å². The van der Waals surface area contributed by atoms with Crippen LogP contribution in [0.1, 0.15) is 10.4 Å². The van der Waals surface area contributed by atoms with E-state index >= 15 is 0 Å². The van der Waals surface area contributed by atoms with Crippen molar-refractivity contribution in [3.63, 3.8) is 0 Å². The number of thiophene rings is 1. The SMILES string of the molecule is CN(Cc1cc(Br)cs1)c1c(F)cc(CBr)cc1F. The molecular formula is C13H11Br2F2NS. The van der Waals surface area contributed by atoms with Gasteiger partial charge in [0.15, 0.2) is 0 Å². The van der Waals surface area contributed by atoms with Crippen LogP contribution in [0.25, 0.3) is 0 Å². The largest absolute Gasteiger partial charge is 0.365 e. The highest BCUT2D eigenvalue weighted by atomic mass is 79.9. The van der Waals surface area contributed by atoms with Crippen LogP contribution in [0.3, 0.4) is 0 Å². The van der Waals surface area contributed by atoms with Crippen LogP contribution in [0, 0.1) is 11.6 Å². The molecule has 1 aromatic heterocycles. The second-order valence-corrected chi connectivity index (χ2v) is 6.60. The van der Waals surface area contributed by atoms with E-state index in [1.54, 1.807) is 23.3 Å². The zero-order valence-electron chi connectivity index (χ0n) is 10.1. The standard InChI is InChI=1S/C13H11Br2F2NS/c1-18(6-10-4-9(15)7-19-10)13-11(16)2-8(5-14)3-12(13)17/h2-4,7H,5-6H2,1H3. The number of rotatable bonds is 4. The lowest BCUT2D eigenvalue weighted by Gasteiger charge is -2.20. The smallest absolute Gasteiger partial charge is 0.149 e. The van der Waals surface area contributed by atoms with Crippen molar-refractivity contribution in [3.05, 3.63) is 50.1 Å². The van der Waals surface area contributed by atoms with E-state index in [2.05, 4.69) is 31.9 Å². The molecule has 102 valence electrons. The maximum absolute atomic E-state index is 13.9. The van der Waals surface area contributed by atoms with Gasteiger partial charge in [-0.3, -0.25) is 0 Å². The van der Waals surface area contributed by atoms with E-state index in [0.717, 1.165) is 9.35 Å². The molecule has 0 atom stereocenters. The van der Waals surface area contributed by atoms with Gasteiger partial charge in [0.1, 0.15) is 17.3 Å². The number of benzene rings is 1. The summed E-state index contributed by atoms with van der Waals surface area (Å²) in [5, 5.41) is 2.38. The van der Waals surface area contributed by atoms with Gasteiger partial charge in [-0.2, -0.15) is 0 Å². The number of nitrogens with zero attached hydrogens (tertiary/aromatic N) is 1. The first-order valence-corrected chi connectivity index (χ1v) is 8.28. The second kappa shape index (κ2) is 6.33. The van der Waals surface area contributed by atoms with Crippen LogP contribution in [0.2, 0.25) is 0 Å². The first-order chi connectivity index (χ1) is 9.01. The number of halogens is 4. The maximum Gasteiger partial charge on any atom is 0.149 e. The summed E-state index contributed by atoms with van der Waals surface area (Å²) in [4.78, 5) is 2.62. The van der Waals surface area contributed by atoms with Gasteiger partial charge in [0.05, 0.1) is 6.54 Å². The molecular weight excluding hydrogens is 400 g/mol. The van der Waals surface area contributed by atoms with Crippen molar-refractivity contribution in [2.75, 3.05) is 11.9 Å². The number of alkyl halides is 1. The fourth-order valence-corrected chi connectivity index (χ4v) is 3.64. The summed E-state index contributed by atoms with van der Waals surface area (Å²) < 4.78 is 28.9. The van der Waals surface area contributed by atoms with Gasteiger partial charge in [-0.15, -0.1) is 11.3 Å². The molecule has 1 nitrogen and oxygen atoms in total. The van der Waals surface area contributed by atoms with E-state index in [4.69, 9.17) is 0 Å². The second-order valence-electron chi connectivity index (χ2n) is 4.13. The zero-order valence-corrected chi connectivity index (χ0v) is 14.1. The molecule has 0 spiro atoms. The molecule has 0 N–H and O–H groups in total. The lowest BCUT2D eigenvalue weighted by atomic mass is 10.2. The highest BCUT2D eigenvalue weighted by Crippen LogP contribution is 2.28. The maximum atomic E-state index is 13.9. The third-order valence-corrected chi connectivity index (χ3v) is 4.96. The molecule has 0 aliphatic carbocycles. The van der Waals surface area contributed by atoms with E-state index < -0.39 is 11.6 Å². The Morgan fingerprint density at radius 3 is 2.32 bits per heavy atom. The van der Waals surface area contributed by atoms with Crippen LogP contribution in [0.15, 0.2) is 28.1 Å². The fraction of sp³-hybridized carbons (Fsp3) is 0.231. The van der Waals surface area contributed by atoms with Crippen LogP contribution >= 0.6 is 43.2 Å². The Morgan fingerprint density at radius 2 is 1.84 bits per heavy atom. The summed E-state index contributed by atoms with van der Waals surface area (Å²) in [6, 6.07) is 4.66. The summed E-state index contributed by atoms with van der Waals surface area (Å²) in [7, 11) is 1.68. The van der Waals surface area contributed by atoms with E-state index in [-0.39, 0.29) is 5.69 Å². The molecule has 0 aliphatic rings. The quantitative estimate of drug-likeness (QED) is 0.616. The molecule has 6 heteroatoms. The van der Waals surface area contributed by atoms with Crippen LogP contribution < -0.4 is 4.90 Å². The van der Waals surface area contributed by atoms with E-state index in [1.807, 2.05) is 11.4 Å². The van der Waals surface area contributed by atoms with Crippen LogP contribution in [0.4, 0.5) is 14.5 Å². The molecule has 1 aromatic carbocycles. The molecule has 0 radical (unpaired) electrons. The first kappa shape index (κ1) is 14.9. The van der Waals surface area contributed by atoms with E-state index in [1.165, 1.54) is 12.1 Å². The van der Waals surface area contributed by atoms with Gasteiger partial charge >= 0.3 is 0 Å². The predicted molar refractivity (Wildman–Crippen MR) is 83.1 cm³/mol. The highest BCUT2D eigenvalue weighted by molar-refractivity contribution is 9.10. The van der Waals surface area contributed by atoms with Crippen LogP contribution in [-0.2, 0) is 11.9 Å². The van der Waals surface area contributed by atoms with Gasteiger partial charge in [-0.05, 0) is 39.7 Å². The Balaban J connectivity index is 2.26. The summed E-state index contributed by atoms with van der Waals surface area (Å²) in [6.45, 7) is 0.470. The van der Waals surface area contributed by atoms with Crippen molar-refractivity contribution in [1.82, 2.24) is 0 Å². The molecule has 0 bridgehead atoms. The van der Waals surface area contributed by atoms with Gasteiger partial charge in [-0.25, -0.2) is 8.78 Å². The molecule has 0 amide bonds. The number of hydrogen-bond donors (Lipinski definition) is 0. The Morgan fingerprint density at radius 1 is 1.21 bits per heavy atom. The summed E-state index contributed by atoms with van der Waals surface area (Å²) in [6.07, 6.45) is 0. The van der Waals surface area contributed by atoms with Crippen LogP contribution in [0.5, 0.6) is 0 Å². The Hall–Kier alpha value is -0.460. The lowest BCUT2D eigenvalue weighted by molar-refractivity contribution is 0.575. The topological polar surface area (TPSA) is 3.24 Å². The Bertz CT molecular complexity index is 563.